The molecule has 5 rings (SSSR count). The molecule has 2 aromatic carbocycles. The van der Waals surface area contributed by atoms with Gasteiger partial charge in [-0.25, -0.2) is 0 Å². The predicted octanol–water partition coefficient (Wildman–Crippen LogP) is 4.47. The highest BCUT2D eigenvalue weighted by Crippen LogP contribution is 2.37. The second kappa shape index (κ2) is 6.44. The third-order valence-electron chi connectivity index (χ3n) is 6.33. The first-order chi connectivity index (χ1) is 12.7. The van der Waals surface area contributed by atoms with Gasteiger partial charge in [0.2, 0.25) is 0 Å². The number of aryl methyl sites for hydroxylation is 3. The maximum atomic E-state index is 6.08. The lowest BCUT2D eigenvalue weighted by atomic mass is 9.90. The summed E-state index contributed by atoms with van der Waals surface area (Å²) in [5, 5.41) is 2.34. The van der Waals surface area contributed by atoms with Crippen LogP contribution in [0.1, 0.15) is 47.7 Å². The third kappa shape index (κ3) is 2.67. The number of nitrogens with one attached hydrogen (secondary N) is 1. The summed E-state index contributed by atoms with van der Waals surface area (Å²) in [5.41, 5.74) is 7.51. The fraction of sp³-hybridized carbons (Fsp3) is 0.391. The molecule has 1 N–H and O–H groups in total. The van der Waals surface area contributed by atoms with Crippen molar-refractivity contribution in [3.63, 3.8) is 0 Å². The van der Waals surface area contributed by atoms with Crippen molar-refractivity contribution in [3.05, 3.63) is 69.9 Å². The van der Waals surface area contributed by atoms with E-state index in [0.717, 1.165) is 18.1 Å². The number of fused-ring (bicyclic) bond motifs is 3. The molecule has 3 heteroatoms. The monoisotopic (exact) mass is 365 g/mol. The van der Waals surface area contributed by atoms with Crippen LogP contribution in [0.25, 0.3) is 10.9 Å². The van der Waals surface area contributed by atoms with E-state index in [1.165, 1.54) is 54.3 Å². The smallest absolute Gasteiger partial charge is 0.129 e. The van der Waals surface area contributed by atoms with Crippen LogP contribution < -0.4 is 4.90 Å². The molecule has 0 fully saturated rings. The Bertz CT molecular complexity index is 951. The SMILES string of the molecule is Cc1ccc2c(c1)c1c3n2CCC[NH+](Cc2ccc(Cl)cc2)[C@H]3CCC1. The highest BCUT2D eigenvalue weighted by Gasteiger charge is 2.36. The van der Waals surface area contributed by atoms with Gasteiger partial charge in [-0.05, 0) is 49.6 Å². The van der Waals surface area contributed by atoms with E-state index in [9.17, 15) is 0 Å². The van der Waals surface area contributed by atoms with Gasteiger partial charge < -0.3 is 9.47 Å². The van der Waals surface area contributed by atoms with E-state index in [2.05, 4.69) is 41.8 Å². The third-order valence-corrected chi connectivity index (χ3v) is 6.59. The lowest BCUT2D eigenvalue weighted by molar-refractivity contribution is -0.945. The van der Waals surface area contributed by atoms with Gasteiger partial charge in [-0.1, -0.05) is 35.4 Å². The molecule has 0 spiro atoms. The van der Waals surface area contributed by atoms with E-state index in [1.807, 2.05) is 12.1 Å². The van der Waals surface area contributed by atoms with Gasteiger partial charge in [-0.15, -0.1) is 0 Å². The maximum Gasteiger partial charge on any atom is 0.129 e. The number of rotatable bonds is 2. The van der Waals surface area contributed by atoms with Crippen LogP contribution in [0.3, 0.4) is 0 Å². The number of hydrogen-bond donors (Lipinski definition) is 1. The fourth-order valence-electron chi connectivity index (χ4n) is 5.19. The number of aromatic nitrogens is 1. The second-order valence-electron chi connectivity index (χ2n) is 8.05. The number of halogens is 1. The van der Waals surface area contributed by atoms with E-state index >= 15 is 0 Å². The summed E-state index contributed by atoms with van der Waals surface area (Å²) in [6, 6.07) is 16.1. The molecule has 1 aromatic heterocycles. The Morgan fingerprint density at radius 2 is 1.96 bits per heavy atom. The van der Waals surface area contributed by atoms with E-state index < -0.39 is 0 Å². The summed E-state index contributed by atoms with van der Waals surface area (Å²) < 4.78 is 2.66. The molecule has 0 bridgehead atoms. The zero-order valence-electron chi connectivity index (χ0n) is 15.4. The van der Waals surface area contributed by atoms with Crippen molar-refractivity contribution in [3.8, 4) is 0 Å². The maximum absolute atomic E-state index is 6.08. The van der Waals surface area contributed by atoms with Crippen LogP contribution in [0.2, 0.25) is 5.02 Å². The molecule has 3 aromatic rings. The Kier molecular flexibility index (Phi) is 4.06. The van der Waals surface area contributed by atoms with Crippen molar-refractivity contribution in [2.45, 2.75) is 51.7 Å². The van der Waals surface area contributed by atoms with Crippen molar-refractivity contribution in [2.75, 3.05) is 6.54 Å². The van der Waals surface area contributed by atoms with Crippen molar-refractivity contribution >= 4 is 22.5 Å². The summed E-state index contributed by atoms with van der Waals surface area (Å²) in [6.45, 7) is 5.73. The zero-order chi connectivity index (χ0) is 17.7. The molecule has 1 unspecified atom stereocenters. The van der Waals surface area contributed by atoms with Gasteiger partial charge in [0.05, 0.1) is 12.2 Å². The first-order valence-electron chi connectivity index (χ1n) is 9.91. The molecule has 0 saturated heterocycles. The standard InChI is InChI=1S/C23H25ClN2/c1-16-6-11-21-20(14-16)19-4-2-5-22-23(19)26(21)13-3-12-25(22)15-17-7-9-18(24)10-8-17/h6-11,14,22H,2-5,12-13,15H2,1H3/p+1/t22-/m0/s1. The molecule has 2 nitrogen and oxygen atoms in total. The quantitative estimate of drug-likeness (QED) is 0.686. The molecule has 0 amide bonds. The Balaban J connectivity index is 1.58. The van der Waals surface area contributed by atoms with Gasteiger partial charge in [0.1, 0.15) is 12.6 Å². The molecule has 0 radical (unpaired) electrons. The van der Waals surface area contributed by atoms with Crippen LogP contribution in [-0.2, 0) is 19.5 Å². The summed E-state index contributed by atoms with van der Waals surface area (Å²) in [7, 11) is 0. The largest absolute Gasteiger partial charge is 0.339 e. The topological polar surface area (TPSA) is 9.37 Å². The lowest BCUT2D eigenvalue weighted by Gasteiger charge is -2.31. The van der Waals surface area contributed by atoms with Crippen molar-refractivity contribution in [1.29, 1.82) is 0 Å². The summed E-state index contributed by atoms with van der Waals surface area (Å²) >= 11 is 6.08. The molecular weight excluding hydrogens is 340 g/mol. The summed E-state index contributed by atoms with van der Waals surface area (Å²) in [5.74, 6) is 0. The Hall–Kier alpha value is -1.77. The highest BCUT2D eigenvalue weighted by molar-refractivity contribution is 6.30. The first-order valence-corrected chi connectivity index (χ1v) is 10.3. The van der Waals surface area contributed by atoms with Gasteiger partial charge in [0.25, 0.3) is 0 Å². The number of hydrogen-bond acceptors (Lipinski definition) is 0. The summed E-state index contributed by atoms with van der Waals surface area (Å²) in [6.07, 6.45) is 5.12. The fourth-order valence-corrected chi connectivity index (χ4v) is 5.32. The lowest BCUT2D eigenvalue weighted by Crippen LogP contribution is -3.11. The van der Waals surface area contributed by atoms with E-state index in [1.54, 1.807) is 16.2 Å². The van der Waals surface area contributed by atoms with Gasteiger partial charge in [0.15, 0.2) is 0 Å². The number of benzene rings is 2. The summed E-state index contributed by atoms with van der Waals surface area (Å²) in [4.78, 5) is 1.73. The van der Waals surface area contributed by atoms with Crippen LogP contribution in [0, 0.1) is 6.92 Å². The van der Waals surface area contributed by atoms with Crippen molar-refractivity contribution < 1.29 is 4.90 Å². The second-order valence-corrected chi connectivity index (χ2v) is 8.48. The molecule has 2 atom stereocenters. The van der Waals surface area contributed by atoms with Crippen LogP contribution in [0.5, 0.6) is 0 Å². The van der Waals surface area contributed by atoms with Crippen LogP contribution in [0.4, 0.5) is 0 Å². The minimum atomic E-state index is 0.629. The average molecular weight is 366 g/mol. The first kappa shape index (κ1) is 16.4. The van der Waals surface area contributed by atoms with Crippen LogP contribution in [-0.4, -0.2) is 11.1 Å². The van der Waals surface area contributed by atoms with Gasteiger partial charge >= 0.3 is 0 Å². The highest BCUT2D eigenvalue weighted by atomic mass is 35.5. The Labute approximate surface area is 160 Å². The van der Waals surface area contributed by atoms with E-state index in [-0.39, 0.29) is 0 Å². The number of nitrogens with zero attached hydrogens (tertiary/aromatic N) is 1. The molecule has 2 aliphatic rings. The van der Waals surface area contributed by atoms with E-state index in [0.29, 0.717) is 6.04 Å². The number of quaternary nitrogens is 1. The molecule has 2 heterocycles. The Morgan fingerprint density at radius 3 is 2.81 bits per heavy atom. The molecule has 0 saturated carbocycles. The molecule has 26 heavy (non-hydrogen) atoms. The Morgan fingerprint density at radius 1 is 1.12 bits per heavy atom. The van der Waals surface area contributed by atoms with Gasteiger partial charge in [-0.2, -0.15) is 0 Å². The van der Waals surface area contributed by atoms with Crippen LogP contribution >= 0.6 is 11.6 Å². The zero-order valence-corrected chi connectivity index (χ0v) is 16.1. The van der Waals surface area contributed by atoms with Gasteiger partial charge in [0, 0.05) is 40.9 Å². The van der Waals surface area contributed by atoms with E-state index in [4.69, 9.17) is 11.6 Å². The normalized spacial score (nSPS) is 22.2. The minimum absolute atomic E-state index is 0.629. The molecule has 1 aliphatic carbocycles. The molecule has 134 valence electrons. The molecular formula is C23H26ClN2+. The minimum Gasteiger partial charge on any atom is -0.339 e. The average Bonchev–Trinajstić information content (AvgIpc) is 2.83. The van der Waals surface area contributed by atoms with Crippen molar-refractivity contribution in [1.82, 2.24) is 4.57 Å². The van der Waals surface area contributed by atoms with Crippen molar-refractivity contribution in [2.24, 2.45) is 0 Å². The predicted molar refractivity (Wildman–Crippen MR) is 108 cm³/mol. The van der Waals surface area contributed by atoms with Gasteiger partial charge in [-0.3, -0.25) is 0 Å². The van der Waals surface area contributed by atoms with Crippen LogP contribution in [0.15, 0.2) is 42.5 Å². The molecule has 1 aliphatic heterocycles.